The van der Waals surface area contributed by atoms with Gasteiger partial charge in [-0.25, -0.2) is 4.98 Å². The first-order valence-corrected chi connectivity index (χ1v) is 8.46. The molecule has 1 N–H and O–H groups in total. The topological polar surface area (TPSA) is 24.9 Å². The number of hydrogen-bond donors (Lipinski definition) is 1. The fourth-order valence-electron chi connectivity index (χ4n) is 1.88. The van der Waals surface area contributed by atoms with Gasteiger partial charge in [-0.2, -0.15) is 0 Å². The van der Waals surface area contributed by atoms with Gasteiger partial charge in [-0.15, -0.1) is 23.1 Å². The highest BCUT2D eigenvalue weighted by molar-refractivity contribution is 7.98. The first kappa shape index (κ1) is 13.2. The summed E-state index contributed by atoms with van der Waals surface area (Å²) in [6.07, 6.45) is 4.69. The van der Waals surface area contributed by atoms with E-state index in [1.807, 2.05) is 18.0 Å². The minimum atomic E-state index is 0.781. The second-order valence-corrected chi connectivity index (χ2v) is 7.30. The van der Waals surface area contributed by atoms with Crippen LogP contribution in [0.2, 0.25) is 0 Å². The van der Waals surface area contributed by atoms with Gasteiger partial charge in [0.2, 0.25) is 0 Å². The van der Waals surface area contributed by atoms with Crippen molar-refractivity contribution in [3.63, 3.8) is 0 Å². The van der Waals surface area contributed by atoms with E-state index in [2.05, 4.69) is 41.5 Å². The normalized spacial score (nSPS) is 14.8. The van der Waals surface area contributed by atoms with Crippen molar-refractivity contribution in [3.8, 4) is 0 Å². The van der Waals surface area contributed by atoms with E-state index in [-0.39, 0.29) is 0 Å². The Bertz CT molecular complexity index is 529. The summed E-state index contributed by atoms with van der Waals surface area (Å²) in [5.74, 6) is 1.02. The molecule has 0 aliphatic heterocycles. The zero-order chi connectivity index (χ0) is 13.1. The number of nitrogens with one attached hydrogen (secondary N) is 1. The summed E-state index contributed by atoms with van der Waals surface area (Å²) in [5.41, 5.74) is 1.38. The zero-order valence-corrected chi connectivity index (χ0v) is 12.7. The third kappa shape index (κ3) is 4.06. The molecule has 1 heterocycles. The first-order valence-electron chi connectivity index (χ1n) is 6.66. The quantitative estimate of drug-likeness (QED) is 0.814. The molecule has 0 bridgehead atoms. The Kier molecular flexibility index (Phi) is 4.21. The number of benzene rings is 1. The number of thiazole rings is 1. The Morgan fingerprint density at radius 1 is 1.32 bits per heavy atom. The molecule has 2 nitrogen and oxygen atoms in total. The van der Waals surface area contributed by atoms with Gasteiger partial charge in [0.05, 0.1) is 5.01 Å². The molecule has 3 rings (SSSR count). The lowest BCUT2D eigenvalue weighted by molar-refractivity contribution is 0.687. The minimum absolute atomic E-state index is 0.781. The molecule has 0 unspecified atom stereocenters. The molecule has 0 spiro atoms. The summed E-state index contributed by atoms with van der Waals surface area (Å²) in [6, 6.07) is 9.69. The van der Waals surface area contributed by atoms with Crippen LogP contribution in [0.1, 0.15) is 28.3 Å². The van der Waals surface area contributed by atoms with Gasteiger partial charge >= 0.3 is 0 Å². The van der Waals surface area contributed by atoms with Crippen LogP contribution in [0.15, 0.2) is 35.4 Å². The van der Waals surface area contributed by atoms with Crippen LogP contribution >= 0.6 is 23.1 Å². The average Bonchev–Trinajstić information content (AvgIpc) is 3.17. The molecule has 1 saturated carbocycles. The van der Waals surface area contributed by atoms with Gasteiger partial charge in [0.25, 0.3) is 0 Å². The van der Waals surface area contributed by atoms with Crippen molar-refractivity contribution in [2.24, 2.45) is 0 Å². The Labute approximate surface area is 122 Å². The lowest BCUT2D eigenvalue weighted by Gasteiger charge is -2.04. The molecule has 0 saturated heterocycles. The van der Waals surface area contributed by atoms with Crippen molar-refractivity contribution >= 4 is 23.1 Å². The van der Waals surface area contributed by atoms with Crippen molar-refractivity contribution in [2.45, 2.75) is 43.0 Å². The molecule has 1 aliphatic rings. The molecule has 1 aliphatic carbocycles. The minimum Gasteiger partial charge on any atom is -0.310 e. The van der Waals surface area contributed by atoms with E-state index in [1.165, 1.54) is 28.2 Å². The van der Waals surface area contributed by atoms with Crippen molar-refractivity contribution < 1.29 is 0 Å². The molecule has 0 atom stereocenters. The highest BCUT2D eigenvalue weighted by Gasteiger charge is 2.19. The van der Waals surface area contributed by atoms with E-state index in [4.69, 9.17) is 0 Å². The molecular formula is C15H18N2S2. The van der Waals surface area contributed by atoms with Gasteiger partial charge in [0.1, 0.15) is 0 Å². The van der Waals surface area contributed by atoms with E-state index in [0.29, 0.717) is 0 Å². The lowest BCUT2D eigenvalue weighted by atomic mass is 10.2. The Morgan fingerprint density at radius 2 is 2.11 bits per heavy atom. The monoisotopic (exact) mass is 290 g/mol. The molecule has 2 aromatic rings. The lowest BCUT2D eigenvalue weighted by Crippen LogP contribution is -2.14. The van der Waals surface area contributed by atoms with Crippen LogP contribution in [0.3, 0.4) is 0 Å². The molecule has 1 aromatic heterocycles. The number of aromatic nitrogens is 1. The van der Waals surface area contributed by atoms with Crippen LogP contribution < -0.4 is 5.32 Å². The summed E-state index contributed by atoms with van der Waals surface area (Å²) >= 11 is 3.67. The summed E-state index contributed by atoms with van der Waals surface area (Å²) in [5, 5.41) is 4.69. The smallest absolute Gasteiger partial charge is 0.0897 e. The van der Waals surface area contributed by atoms with E-state index in [1.54, 1.807) is 11.3 Å². The van der Waals surface area contributed by atoms with Gasteiger partial charge in [-0.3, -0.25) is 0 Å². The molecule has 19 heavy (non-hydrogen) atoms. The molecule has 1 aromatic carbocycles. The fourth-order valence-corrected chi connectivity index (χ4v) is 3.59. The van der Waals surface area contributed by atoms with Gasteiger partial charge in [0, 0.05) is 34.3 Å². The predicted octanol–water partition coefficient (Wildman–Crippen LogP) is 4.00. The molecule has 0 radical (unpaired) electrons. The standard InChI is InChI=1S/C15H18N2S2/c1-11-16-9-15(19-11)10-18-14-6-2-12(3-7-14)8-17-13-4-5-13/h2-3,6-7,9,13,17H,4-5,8,10H2,1H3. The highest BCUT2D eigenvalue weighted by Crippen LogP contribution is 2.26. The maximum atomic E-state index is 4.29. The van der Waals surface area contributed by atoms with E-state index in [0.717, 1.165) is 23.3 Å². The predicted molar refractivity (Wildman–Crippen MR) is 82.7 cm³/mol. The fraction of sp³-hybridized carbons (Fsp3) is 0.400. The zero-order valence-electron chi connectivity index (χ0n) is 11.1. The van der Waals surface area contributed by atoms with E-state index in [9.17, 15) is 0 Å². The molecule has 4 heteroatoms. The summed E-state index contributed by atoms with van der Waals surface area (Å²) in [4.78, 5) is 6.97. The number of aryl methyl sites for hydroxylation is 1. The van der Waals surface area contributed by atoms with Crippen molar-refractivity contribution in [1.82, 2.24) is 10.3 Å². The van der Waals surface area contributed by atoms with Crippen molar-refractivity contribution in [3.05, 3.63) is 45.9 Å². The maximum Gasteiger partial charge on any atom is 0.0897 e. The van der Waals surface area contributed by atoms with Crippen molar-refractivity contribution in [2.75, 3.05) is 0 Å². The SMILES string of the molecule is Cc1ncc(CSc2ccc(CNC3CC3)cc2)s1. The second-order valence-electron chi connectivity index (χ2n) is 4.93. The highest BCUT2D eigenvalue weighted by atomic mass is 32.2. The van der Waals surface area contributed by atoms with Crippen molar-refractivity contribution in [1.29, 1.82) is 0 Å². The second kappa shape index (κ2) is 6.07. The van der Waals surface area contributed by atoms with Crippen LogP contribution in [-0.2, 0) is 12.3 Å². The molecule has 1 fully saturated rings. The van der Waals surface area contributed by atoms with Crippen LogP contribution in [0.25, 0.3) is 0 Å². The van der Waals surface area contributed by atoms with Gasteiger partial charge in [0.15, 0.2) is 0 Å². The largest absolute Gasteiger partial charge is 0.310 e. The van der Waals surface area contributed by atoms with E-state index >= 15 is 0 Å². The molecular weight excluding hydrogens is 272 g/mol. The third-order valence-electron chi connectivity index (χ3n) is 3.15. The number of thioether (sulfide) groups is 1. The van der Waals surface area contributed by atoms with Crippen LogP contribution in [-0.4, -0.2) is 11.0 Å². The number of nitrogens with zero attached hydrogens (tertiary/aromatic N) is 1. The maximum absolute atomic E-state index is 4.29. The van der Waals surface area contributed by atoms with Gasteiger partial charge in [-0.05, 0) is 37.5 Å². The van der Waals surface area contributed by atoms with E-state index < -0.39 is 0 Å². The average molecular weight is 290 g/mol. The number of rotatable bonds is 6. The Hall–Kier alpha value is -0.840. The Balaban J connectivity index is 1.50. The van der Waals surface area contributed by atoms with Gasteiger partial charge < -0.3 is 5.32 Å². The summed E-state index contributed by atoms with van der Waals surface area (Å²) < 4.78 is 0. The molecule has 100 valence electrons. The van der Waals surface area contributed by atoms with Crippen LogP contribution in [0.5, 0.6) is 0 Å². The summed E-state index contributed by atoms with van der Waals surface area (Å²) in [6.45, 7) is 3.06. The summed E-state index contributed by atoms with van der Waals surface area (Å²) in [7, 11) is 0. The first-order chi connectivity index (χ1) is 9.29. The Morgan fingerprint density at radius 3 is 2.74 bits per heavy atom. The van der Waals surface area contributed by atoms with Crippen LogP contribution in [0, 0.1) is 6.92 Å². The third-order valence-corrected chi connectivity index (χ3v) is 5.30. The van der Waals surface area contributed by atoms with Gasteiger partial charge in [-0.1, -0.05) is 12.1 Å². The van der Waals surface area contributed by atoms with Crippen LogP contribution in [0.4, 0.5) is 0 Å². The number of hydrogen-bond acceptors (Lipinski definition) is 4. The molecule has 0 amide bonds.